The van der Waals surface area contributed by atoms with Crippen molar-refractivity contribution in [1.29, 1.82) is 0 Å². The van der Waals surface area contributed by atoms with E-state index in [1.165, 1.54) is 6.20 Å². The van der Waals surface area contributed by atoms with Crippen molar-refractivity contribution in [3.63, 3.8) is 0 Å². The summed E-state index contributed by atoms with van der Waals surface area (Å²) in [6.07, 6.45) is 1.44. The maximum Gasteiger partial charge on any atom is 0.196 e. The summed E-state index contributed by atoms with van der Waals surface area (Å²) in [7, 11) is 1.59. The molecule has 20 heavy (non-hydrogen) atoms. The molecule has 1 N–H and O–H groups in total. The first-order chi connectivity index (χ1) is 9.63. The monoisotopic (exact) mass is 286 g/mol. The minimum Gasteiger partial charge on any atom is -0.383 e. The molecule has 0 radical (unpaired) electrons. The molecule has 2 rings (SSSR count). The van der Waals surface area contributed by atoms with E-state index in [0.29, 0.717) is 25.4 Å². The van der Waals surface area contributed by atoms with Crippen LogP contribution in [0, 0.1) is 17.5 Å². The molecule has 0 fully saturated rings. The summed E-state index contributed by atoms with van der Waals surface area (Å²) in [5.41, 5.74) is 0.352. The van der Waals surface area contributed by atoms with Crippen LogP contribution in [0.15, 0.2) is 18.3 Å². The van der Waals surface area contributed by atoms with Crippen LogP contribution in [0.5, 0.6) is 0 Å². The molecule has 1 heterocycles. The number of methoxy groups -OCH3 is 1. The van der Waals surface area contributed by atoms with Crippen molar-refractivity contribution < 1.29 is 17.9 Å². The Morgan fingerprint density at radius 1 is 1.25 bits per heavy atom. The minimum atomic E-state index is -1.53. The van der Waals surface area contributed by atoms with Gasteiger partial charge in [-0.15, -0.1) is 5.10 Å². The predicted octanol–water partition coefficient (Wildman–Crippen LogP) is 1.42. The average molecular weight is 286 g/mol. The maximum atomic E-state index is 13.6. The summed E-state index contributed by atoms with van der Waals surface area (Å²) < 4.78 is 45.5. The van der Waals surface area contributed by atoms with Crippen molar-refractivity contribution in [3.05, 3.63) is 41.5 Å². The molecular formula is C12H13F3N4O. The van der Waals surface area contributed by atoms with Crippen LogP contribution in [0.2, 0.25) is 0 Å². The summed E-state index contributed by atoms with van der Waals surface area (Å²) in [6, 6.07) is 1.94. The lowest BCUT2D eigenvalue weighted by Gasteiger charge is -2.03. The summed E-state index contributed by atoms with van der Waals surface area (Å²) in [5.74, 6) is -4.07. The number of ether oxygens (including phenoxy) is 1. The Bertz CT molecular complexity index is 588. The number of halogens is 3. The second kappa shape index (κ2) is 6.49. The van der Waals surface area contributed by atoms with Gasteiger partial charge in [0.2, 0.25) is 0 Å². The zero-order chi connectivity index (χ0) is 14.5. The molecule has 0 spiro atoms. The summed E-state index contributed by atoms with van der Waals surface area (Å²) in [5, 5.41) is 10.5. The van der Waals surface area contributed by atoms with Gasteiger partial charge in [-0.05, 0) is 12.1 Å². The van der Waals surface area contributed by atoms with Crippen LogP contribution >= 0.6 is 0 Å². The zero-order valence-corrected chi connectivity index (χ0v) is 10.7. The molecule has 0 aliphatic heterocycles. The van der Waals surface area contributed by atoms with Gasteiger partial charge in [0.1, 0.15) is 5.69 Å². The van der Waals surface area contributed by atoms with Crippen molar-refractivity contribution in [2.24, 2.45) is 0 Å². The van der Waals surface area contributed by atoms with Gasteiger partial charge in [-0.3, -0.25) is 0 Å². The number of aromatic nitrogens is 3. The molecule has 0 atom stereocenters. The molecular weight excluding hydrogens is 273 g/mol. The van der Waals surface area contributed by atoms with E-state index in [2.05, 4.69) is 15.6 Å². The van der Waals surface area contributed by atoms with Crippen molar-refractivity contribution in [1.82, 2.24) is 20.3 Å². The quantitative estimate of drug-likeness (QED) is 0.644. The van der Waals surface area contributed by atoms with Gasteiger partial charge >= 0.3 is 0 Å². The van der Waals surface area contributed by atoms with Crippen LogP contribution in [0.25, 0.3) is 5.69 Å². The molecule has 108 valence electrons. The topological polar surface area (TPSA) is 52.0 Å². The average Bonchev–Trinajstić information content (AvgIpc) is 2.90. The molecule has 0 unspecified atom stereocenters. The first-order valence-corrected chi connectivity index (χ1v) is 5.88. The number of rotatable bonds is 6. The molecule has 2 aromatic rings. The van der Waals surface area contributed by atoms with E-state index in [1.54, 1.807) is 7.11 Å². The molecule has 0 aliphatic rings. The minimum absolute atomic E-state index is 0.195. The van der Waals surface area contributed by atoms with Gasteiger partial charge in [-0.25, -0.2) is 17.9 Å². The Hall–Kier alpha value is -1.93. The van der Waals surface area contributed by atoms with Gasteiger partial charge in [-0.1, -0.05) is 5.21 Å². The van der Waals surface area contributed by atoms with Crippen LogP contribution < -0.4 is 5.32 Å². The lowest BCUT2D eigenvalue weighted by atomic mass is 10.3. The number of hydrogen-bond donors (Lipinski definition) is 1. The first-order valence-electron chi connectivity index (χ1n) is 5.88. The fraction of sp³-hybridized carbons (Fsp3) is 0.333. The van der Waals surface area contributed by atoms with E-state index >= 15 is 0 Å². The highest BCUT2D eigenvalue weighted by atomic mass is 19.2. The van der Waals surface area contributed by atoms with Crippen molar-refractivity contribution in [2.75, 3.05) is 20.3 Å². The third-order valence-corrected chi connectivity index (χ3v) is 2.59. The van der Waals surface area contributed by atoms with Gasteiger partial charge in [0.25, 0.3) is 0 Å². The normalized spacial score (nSPS) is 11.0. The SMILES string of the molecule is COCCNCc1cn(-c2ccc(F)c(F)c2F)nn1. The fourth-order valence-electron chi connectivity index (χ4n) is 1.58. The molecule has 0 saturated carbocycles. The van der Waals surface area contributed by atoms with E-state index in [9.17, 15) is 13.2 Å². The second-order valence-electron chi connectivity index (χ2n) is 4.02. The van der Waals surface area contributed by atoms with Crippen LogP contribution in [0.1, 0.15) is 5.69 Å². The molecule has 8 heteroatoms. The molecule has 5 nitrogen and oxygen atoms in total. The molecule has 1 aromatic heterocycles. The predicted molar refractivity (Wildman–Crippen MR) is 64.8 cm³/mol. The first kappa shape index (κ1) is 14.5. The number of benzene rings is 1. The summed E-state index contributed by atoms with van der Waals surface area (Å²) >= 11 is 0. The highest BCUT2D eigenvalue weighted by Gasteiger charge is 2.15. The van der Waals surface area contributed by atoms with E-state index < -0.39 is 17.5 Å². The Morgan fingerprint density at radius 3 is 2.80 bits per heavy atom. The van der Waals surface area contributed by atoms with Gasteiger partial charge in [0.15, 0.2) is 17.5 Å². The van der Waals surface area contributed by atoms with Crippen molar-refractivity contribution >= 4 is 0 Å². The summed E-state index contributed by atoms with van der Waals surface area (Å²) in [6.45, 7) is 1.59. The number of nitrogens with one attached hydrogen (secondary N) is 1. The molecule has 0 aliphatic carbocycles. The van der Waals surface area contributed by atoms with Crippen LogP contribution in [0.4, 0.5) is 13.2 Å². The summed E-state index contributed by atoms with van der Waals surface area (Å²) in [4.78, 5) is 0. The maximum absolute atomic E-state index is 13.6. The number of hydrogen-bond acceptors (Lipinski definition) is 4. The van der Waals surface area contributed by atoms with Gasteiger partial charge < -0.3 is 10.1 Å². The lowest BCUT2D eigenvalue weighted by Crippen LogP contribution is -2.18. The highest BCUT2D eigenvalue weighted by molar-refractivity contribution is 5.33. The Labute approximate surface area is 113 Å². The second-order valence-corrected chi connectivity index (χ2v) is 4.02. The largest absolute Gasteiger partial charge is 0.383 e. The Morgan fingerprint density at radius 2 is 2.05 bits per heavy atom. The smallest absolute Gasteiger partial charge is 0.196 e. The standard InChI is InChI=1S/C12H13F3N4O/c1-20-5-4-16-6-8-7-19(18-17-8)10-3-2-9(13)11(14)12(10)15/h2-3,7,16H,4-6H2,1H3. The van der Waals surface area contributed by atoms with E-state index in [-0.39, 0.29) is 5.69 Å². The van der Waals surface area contributed by atoms with E-state index in [1.807, 2.05) is 0 Å². The lowest BCUT2D eigenvalue weighted by molar-refractivity contribution is 0.199. The zero-order valence-electron chi connectivity index (χ0n) is 10.7. The Kier molecular flexibility index (Phi) is 4.70. The Balaban J connectivity index is 2.11. The third-order valence-electron chi connectivity index (χ3n) is 2.59. The van der Waals surface area contributed by atoms with Gasteiger partial charge in [-0.2, -0.15) is 0 Å². The molecule has 0 amide bonds. The van der Waals surface area contributed by atoms with Crippen LogP contribution in [0.3, 0.4) is 0 Å². The fourth-order valence-corrected chi connectivity index (χ4v) is 1.58. The van der Waals surface area contributed by atoms with Gasteiger partial charge in [0.05, 0.1) is 18.5 Å². The van der Waals surface area contributed by atoms with E-state index in [0.717, 1.165) is 16.8 Å². The van der Waals surface area contributed by atoms with Crippen molar-refractivity contribution in [3.8, 4) is 5.69 Å². The van der Waals surface area contributed by atoms with Crippen LogP contribution in [-0.2, 0) is 11.3 Å². The number of nitrogens with zero attached hydrogens (tertiary/aromatic N) is 3. The highest BCUT2D eigenvalue weighted by Crippen LogP contribution is 2.18. The molecule has 0 saturated heterocycles. The molecule has 0 bridgehead atoms. The van der Waals surface area contributed by atoms with Gasteiger partial charge in [0, 0.05) is 20.2 Å². The van der Waals surface area contributed by atoms with E-state index in [4.69, 9.17) is 4.74 Å². The molecule has 1 aromatic carbocycles. The van der Waals surface area contributed by atoms with Crippen molar-refractivity contribution in [2.45, 2.75) is 6.54 Å². The van der Waals surface area contributed by atoms with Crippen LogP contribution in [-0.4, -0.2) is 35.3 Å². The third kappa shape index (κ3) is 3.14.